The van der Waals surface area contributed by atoms with Crippen LogP contribution in [0.25, 0.3) is 0 Å². The SMILES string of the molecule is CC(C)COc1ccc(C(=O)N2CC(CN)CC2C)cc1.Cl. The number of hydrogen-bond acceptors (Lipinski definition) is 3. The van der Waals surface area contributed by atoms with Crippen molar-refractivity contribution < 1.29 is 9.53 Å². The third-order valence-electron chi connectivity index (χ3n) is 3.94. The lowest BCUT2D eigenvalue weighted by Gasteiger charge is -2.21. The molecule has 1 fully saturated rings. The van der Waals surface area contributed by atoms with Crippen molar-refractivity contribution in [2.75, 3.05) is 19.7 Å². The fourth-order valence-corrected chi connectivity index (χ4v) is 2.72. The third kappa shape index (κ3) is 4.62. The Kier molecular flexibility index (Phi) is 7.17. The second-order valence-corrected chi connectivity index (χ2v) is 6.37. The van der Waals surface area contributed by atoms with Gasteiger partial charge in [0.1, 0.15) is 5.75 Å². The first-order valence-corrected chi connectivity index (χ1v) is 7.75. The number of rotatable bonds is 5. The first-order chi connectivity index (χ1) is 10.0. The van der Waals surface area contributed by atoms with Crippen molar-refractivity contribution in [3.63, 3.8) is 0 Å². The predicted molar refractivity (Wildman–Crippen MR) is 91.7 cm³/mol. The maximum absolute atomic E-state index is 12.5. The van der Waals surface area contributed by atoms with E-state index in [9.17, 15) is 4.79 Å². The minimum absolute atomic E-state index is 0. The zero-order valence-corrected chi connectivity index (χ0v) is 14.4. The van der Waals surface area contributed by atoms with Crippen molar-refractivity contribution in [1.82, 2.24) is 4.90 Å². The molecule has 0 radical (unpaired) electrons. The van der Waals surface area contributed by atoms with Crippen LogP contribution in [0.1, 0.15) is 37.6 Å². The van der Waals surface area contributed by atoms with Gasteiger partial charge in [0.15, 0.2) is 0 Å². The summed E-state index contributed by atoms with van der Waals surface area (Å²) in [6, 6.07) is 7.71. The minimum Gasteiger partial charge on any atom is -0.493 e. The number of nitrogens with two attached hydrogens (primary N) is 1. The van der Waals surface area contributed by atoms with E-state index in [1.165, 1.54) is 0 Å². The molecular formula is C17H27ClN2O2. The molecule has 2 unspecified atom stereocenters. The van der Waals surface area contributed by atoms with Crippen LogP contribution < -0.4 is 10.5 Å². The summed E-state index contributed by atoms with van der Waals surface area (Å²) in [5.74, 6) is 1.82. The predicted octanol–water partition coefficient (Wildman–Crippen LogP) is 2.95. The molecule has 124 valence electrons. The van der Waals surface area contributed by atoms with Crippen LogP contribution in [0.5, 0.6) is 5.75 Å². The Morgan fingerprint density at radius 3 is 2.50 bits per heavy atom. The van der Waals surface area contributed by atoms with E-state index in [0.29, 0.717) is 25.0 Å². The third-order valence-corrected chi connectivity index (χ3v) is 3.94. The quantitative estimate of drug-likeness (QED) is 0.905. The van der Waals surface area contributed by atoms with Crippen LogP contribution >= 0.6 is 12.4 Å². The van der Waals surface area contributed by atoms with E-state index in [-0.39, 0.29) is 24.4 Å². The second-order valence-electron chi connectivity index (χ2n) is 6.37. The molecule has 1 saturated heterocycles. The number of carbonyl (C=O) groups excluding carboxylic acids is 1. The van der Waals surface area contributed by atoms with Crippen LogP contribution in [0, 0.1) is 11.8 Å². The average Bonchev–Trinajstić information content (AvgIpc) is 2.86. The topological polar surface area (TPSA) is 55.6 Å². The van der Waals surface area contributed by atoms with Gasteiger partial charge in [-0.25, -0.2) is 0 Å². The van der Waals surface area contributed by atoms with Gasteiger partial charge in [0.25, 0.3) is 5.91 Å². The Morgan fingerprint density at radius 1 is 1.36 bits per heavy atom. The Bertz CT molecular complexity index is 476. The maximum Gasteiger partial charge on any atom is 0.254 e. The van der Waals surface area contributed by atoms with Crippen LogP contribution in [0.4, 0.5) is 0 Å². The van der Waals surface area contributed by atoms with Gasteiger partial charge in [-0.3, -0.25) is 4.79 Å². The summed E-state index contributed by atoms with van der Waals surface area (Å²) < 4.78 is 5.64. The largest absolute Gasteiger partial charge is 0.493 e. The minimum atomic E-state index is 0. The molecule has 0 aliphatic carbocycles. The number of halogens is 1. The molecular weight excluding hydrogens is 300 g/mol. The van der Waals surface area contributed by atoms with Gasteiger partial charge >= 0.3 is 0 Å². The molecule has 0 spiro atoms. The number of ether oxygens (including phenoxy) is 1. The lowest BCUT2D eigenvalue weighted by Crippen LogP contribution is -2.34. The van der Waals surface area contributed by atoms with Crippen molar-refractivity contribution in [2.24, 2.45) is 17.6 Å². The highest BCUT2D eigenvalue weighted by atomic mass is 35.5. The molecule has 1 heterocycles. The molecule has 2 atom stereocenters. The Balaban J connectivity index is 0.00000242. The highest BCUT2D eigenvalue weighted by Gasteiger charge is 2.31. The summed E-state index contributed by atoms with van der Waals surface area (Å²) in [5, 5.41) is 0. The van der Waals surface area contributed by atoms with E-state index < -0.39 is 0 Å². The Labute approximate surface area is 139 Å². The smallest absolute Gasteiger partial charge is 0.254 e. The van der Waals surface area contributed by atoms with Crippen LogP contribution in [0.15, 0.2) is 24.3 Å². The monoisotopic (exact) mass is 326 g/mol. The fraction of sp³-hybridized carbons (Fsp3) is 0.588. The van der Waals surface area contributed by atoms with Gasteiger partial charge in [0, 0.05) is 18.2 Å². The summed E-state index contributed by atoms with van der Waals surface area (Å²) >= 11 is 0. The van der Waals surface area contributed by atoms with Gasteiger partial charge in [-0.05, 0) is 56.0 Å². The molecule has 1 amide bonds. The molecule has 0 aromatic heterocycles. The first-order valence-electron chi connectivity index (χ1n) is 7.75. The molecule has 2 N–H and O–H groups in total. The number of carbonyl (C=O) groups is 1. The molecule has 1 aromatic carbocycles. The summed E-state index contributed by atoms with van der Waals surface area (Å²) in [5.41, 5.74) is 6.44. The van der Waals surface area contributed by atoms with Crippen LogP contribution in [0.2, 0.25) is 0 Å². The summed E-state index contributed by atoms with van der Waals surface area (Å²) in [4.78, 5) is 14.5. The summed E-state index contributed by atoms with van der Waals surface area (Å²) in [6.45, 7) is 8.42. The Morgan fingerprint density at radius 2 is 2.00 bits per heavy atom. The fourth-order valence-electron chi connectivity index (χ4n) is 2.72. The number of benzene rings is 1. The van der Waals surface area contributed by atoms with Gasteiger partial charge in [-0.15, -0.1) is 12.4 Å². The van der Waals surface area contributed by atoms with Gasteiger partial charge in [-0.2, -0.15) is 0 Å². The molecule has 0 saturated carbocycles. The van der Waals surface area contributed by atoms with Gasteiger partial charge in [0.05, 0.1) is 6.61 Å². The lowest BCUT2D eigenvalue weighted by molar-refractivity contribution is 0.0743. The maximum atomic E-state index is 12.5. The molecule has 2 rings (SSSR count). The number of hydrogen-bond donors (Lipinski definition) is 1. The van der Waals surface area contributed by atoms with E-state index >= 15 is 0 Å². The van der Waals surface area contributed by atoms with E-state index in [4.69, 9.17) is 10.5 Å². The van der Waals surface area contributed by atoms with Gasteiger partial charge in [-0.1, -0.05) is 13.8 Å². The number of likely N-dealkylation sites (tertiary alicyclic amines) is 1. The van der Waals surface area contributed by atoms with E-state index in [2.05, 4.69) is 20.8 Å². The van der Waals surface area contributed by atoms with E-state index in [1.54, 1.807) is 0 Å². The molecule has 1 aliphatic rings. The van der Waals surface area contributed by atoms with Gasteiger partial charge in [0.2, 0.25) is 0 Å². The zero-order chi connectivity index (χ0) is 15.4. The molecule has 1 aliphatic heterocycles. The summed E-state index contributed by atoms with van der Waals surface area (Å²) in [7, 11) is 0. The van der Waals surface area contributed by atoms with Crippen LogP contribution in [0.3, 0.4) is 0 Å². The summed E-state index contributed by atoms with van der Waals surface area (Å²) in [6.07, 6.45) is 0.998. The second kappa shape index (κ2) is 8.39. The molecule has 22 heavy (non-hydrogen) atoms. The van der Waals surface area contributed by atoms with E-state index in [1.807, 2.05) is 29.2 Å². The highest BCUT2D eigenvalue weighted by molar-refractivity contribution is 5.94. The van der Waals surface area contributed by atoms with Crippen molar-refractivity contribution in [3.8, 4) is 5.75 Å². The average molecular weight is 327 g/mol. The van der Waals surface area contributed by atoms with E-state index in [0.717, 1.165) is 24.3 Å². The Hall–Kier alpha value is -1.26. The standard InChI is InChI=1S/C17H26N2O2.ClH/c1-12(2)11-21-16-6-4-15(5-7-16)17(20)19-10-14(9-18)8-13(19)3;/h4-7,12-14H,8-11,18H2,1-3H3;1H. The number of nitrogens with zero attached hydrogens (tertiary/aromatic N) is 1. The zero-order valence-electron chi connectivity index (χ0n) is 13.6. The van der Waals surface area contributed by atoms with Crippen molar-refractivity contribution in [2.45, 2.75) is 33.2 Å². The molecule has 4 nitrogen and oxygen atoms in total. The lowest BCUT2D eigenvalue weighted by atomic mass is 10.1. The van der Waals surface area contributed by atoms with Crippen molar-refractivity contribution in [3.05, 3.63) is 29.8 Å². The van der Waals surface area contributed by atoms with Crippen molar-refractivity contribution in [1.29, 1.82) is 0 Å². The number of amides is 1. The highest BCUT2D eigenvalue weighted by Crippen LogP contribution is 2.24. The molecule has 1 aromatic rings. The van der Waals surface area contributed by atoms with Crippen LogP contribution in [-0.2, 0) is 0 Å². The first kappa shape index (κ1) is 18.8. The van der Waals surface area contributed by atoms with Crippen molar-refractivity contribution >= 4 is 18.3 Å². The molecule has 0 bridgehead atoms. The molecule has 5 heteroatoms. The van der Waals surface area contributed by atoms with Gasteiger partial charge < -0.3 is 15.4 Å². The normalized spacial score (nSPS) is 20.9. The van der Waals surface area contributed by atoms with Crippen LogP contribution in [-0.4, -0.2) is 36.5 Å².